The normalized spacial score (nSPS) is 16.9. The Morgan fingerprint density at radius 1 is 1.28 bits per heavy atom. The summed E-state index contributed by atoms with van der Waals surface area (Å²) in [7, 11) is -3.52. The van der Waals surface area contributed by atoms with Crippen molar-refractivity contribution in [1.29, 1.82) is 0 Å². The average molecular weight is 271 g/mol. The van der Waals surface area contributed by atoms with Gasteiger partial charge in [-0.2, -0.15) is 0 Å². The number of hydrogen-bond acceptors (Lipinski definition) is 6. The molecular weight excluding hydrogens is 254 g/mol. The van der Waals surface area contributed by atoms with Crippen LogP contribution in [0.2, 0.25) is 0 Å². The van der Waals surface area contributed by atoms with E-state index >= 15 is 0 Å². The van der Waals surface area contributed by atoms with E-state index in [4.69, 9.17) is 5.84 Å². The summed E-state index contributed by atoms with van der Waals surface area (Å²) in [4.78, 5) is 7.61. The van der Waals surface area contributed by atoms with Crippen LogP contribution in [0.5, 0.6) is 0 Å². The van der Waals surface area contributed by atoms with E-state index in [0.717, 1.165) is 12.8 Å². The zero-order valence-corrected chi connectivity index (χ0v) is 10.8. The lowest BCUT2D eigenvalue weighted by molar-refractivity contribution is 0.519. The van der Waals surface area contributed by atoms with Crippen LogP contribution in [0.3, 0.4) is 0 Å². The smallest absolute Gasteiger partial charge is 0.243 e. The summed E-state index contributed by atoms with van der Waals surface area (Å²) in [5.41, 5.74) is 2.24. The predicted octanol–water partition coefficient (Wildman–Crippen LogP) is 0.231. The number of hydrazine groups is 1. The standard InChI is InChI=1S/C10H17N5O2S/c11-15-10-12-6-9(7-13-10)18(16,17)14-5-8-3-1-2-4-8/h6-8,14H,1-5,11H2,(H,12,13,15). The highest BCUT2D eigenvalue weighted by Gasteiger charge is 2.20. The van der Waals surface area contributed by atoms with Crippen molar-refractivity contribution in [1.82, 2.24) is 14.7 Å². The summed E-state index contributed by atoms with van der Waals surface area (Å²) in [6, 6.07) is 0. The Balaban J connectivity index is 2.00. The van der Waals surface area contributed by atoms with E-state index in [0.29, 0.717) is 12.5 Å². The van der Waals surface area contributed by atoms with E-state index < -0.39 is 10.0 Å². The predicted molar refractivity (Wildman–Crippen MR) is 67.0 cm³/mol. The number of sulfonamides is 1. The molecule has 0 radical (unpaired) electrons. The molecule has 8 heteroatoms. The first-order valence-electron chi connectivity index (χ1n) is 5.90. The molecule has 1 aromatic rings. The van der Waals surface area contributed by atoms with E-state index in [1.54, 1.807) is 0 Å². The van der Waals surface area contributed by atoms with Gasteiger partial charge in [0.15, 0.2) is 0 Å². The Kier molecular flexibility index (Phi) is 4.10. The minimum atomic E-state index is -3.52. The Bertz CT molecular complexity index is 481. The molecule has 1 fully saturated rings. The highest BCUT2D eigenvalue weighted by atomic mass is 32.2. The molecule has 1 aromatic heterocycles. The number of hydrogen-bond donors (Lipinski definition) is 3. The maximum Gasteiger partial charge on any atom is 0.243 e. The van der Waals surface area contributed by atoms with E-state index in [1.807, 2.05) is 0 Å². The Hall–Kier alpha value is -1.25. The van der Waals surface area contributed by atoms with Gasteiger partial charge in [0.1, 0.15) is 4.90 Å². The molecular formula is C10H17N5O2S. The van der Waals surface area contributed by atoms with Crippen LogP contribution in [0.1, 0.15) is 25.7 Å². The van der Waals surface area contributed by atoms with Gasteiger partial charge in [0.25, 0.3) is 0 Å². The van der Waals surface area contributed by atoms with E-state index in [9.17, 15) is 8.42 Å². The van der Waals surface area contributed by atoms with Gasteiger partial charge in [-0.25, -0.2) is 29.0 Å². The van der Waals surface area contributed by atoms with Gasteiger partial charge in [-0.1, -0.05) is 12.8 Å². The van der Waals surface area contributed by atoms with Crippen molar-refractivity contribution in [3.05, 3.63) is 12.4 Å². The number of nitrogens with zero attached hydrogens (tertiary/aromatic N) is 2. The molecule has 18 heavy (non-hydrogen) atoms. The topological polar surface area (TPSA) is 110 Å². The van der Waals surface area contributed by atoms with Crippen molar-refractivity contribution in [2.45, 2.75) is 30.6 Å². The summed E-state index contributed by atoms with van der Waals surface area (Å²) in [5.74, 6) is 5.74. The van der Waals surface area contributed by atoms with Crippen LogP contribution in [-0.4, -0.2) is 24.9 Å². The minimum absolute atomic E-state index is 0.0551. The van der Waals surface area contributed by atoms with Gasteiger partial charge < -0.3 is 0 Å². The van der Waals surface area contributed by atoms with Crippen molar-refractivity contribution in [2.75, 3.05) is 12.0 Å². The summed E-state index contributed by atoms with van der Waals surface area (Å²) in [6.07, 6.45) is 7.03. The number of anilines is 1. The zero-order chi connectivity index (χ0) is 13.0. The summed E-state index contributed by atoms with van der Waals surface area (Å²) >= 11 is 0. The lowest BCUT2D eigenvalue weighted by atomic mass is 10.1. The molecule has 2 rings (SSSR count). The van der Waals surface area contributed by atoms with Gasteiger partial charge in [-0.3, -0.25) is 5.43 Å². The van der Waals surface area contributed by atoms with Crippen molar-refractivity contribution < 1.29 is 8.42 Å². The Morgan fingerprint density at radius 3 is 2.44 bits per heavy atom. The second-order valence-electron chi connectivity index (χ2n) is 4.39. The third-order valence-corrected chi connectivity index (χ3v) is 4.48. The van der Waals surface area contributed by atoms with Crippen LogP contribution in [0.15, 0.2) is 17.3 Å². The van der Waals surface area contributed by atoms with Crippen molar-refractivity contribution in [3.63, 3.8) is 0 Å². The molecule has 0 aromatic carbocycles. The number of nitrogens with two attached hydrogens (primary N) is 1. The van der Waals surface area contributed by atoms with Crippen molar-refractivity contribution in [2.24, 2.45) is 11.8 Å². The molecule has 100 valence electrons. The molecule has 0 spiro atoms. The molecule has 1 saturated carbocycles. The second-order valence-corrected chi connectivity index (χ2v) is 6.16. The minimum Gasteiger partial charge on any atom is -0.292 e. The number of nitrogens with one attached hydrogen (secondary N) is 2. The van der Waals surface area contributed by atoms with E-state index in [-0.39, 0.29) is 10.8 Å². The largest absolute Gasteiger partial charge is 0.292 e. The van der Waals surface area contributed by atoms with E-state index in [1.165, 1.54) is 25.2 Å². The average Bonchev–Trinajstić information content (AvgIpc) is 2.90. The molecule has 0 unspecified atom stereocenters. The van der Waals surface area contributed by atoms with Gasteiger partial charge in [0, 0.05) is 6.54 Å². The molecule has 1 aliphatic carbocycles. The zero-order valence-electron chi connectivity index (χ0n) is 9.96. The maximum absolute atomic E-state index is 11.9. The third kappa shape index (κ3) is 3.15. The van der Waals surface area contributed by atoms with Gasteiger partial charge >= 0.3 is 0 Å². The fraction of sp³-hybridized carbons (Fsp3) is 0.600. The quantitative estimate of drug-likeness (QED) is 0.522. The van der Waals surface area contributed by atoms with Crippen LogP contribution in [0.25, 0.3) is 0 Å². The van der Waals surface area contributed by atoms with Gasteiger partial charge in [-0.05, 0) is 18.8 Å². The SMILES string of the molecule is NNc1ncc(S(=O)(=O)NCC2CCCC2)cn1. The van der Waals surface area contributed by atoms with Gasteiger partial charge in [0.2, 0.25) is 16.0 Å². The van der Waals surface area contributed by atoms with E-state index in [2.05, 4.69) is 20.1 Å². The fourth-order valence-electron chi connectivity index (χ4n) is 2.05. The summed E-state index contributed by atoms with van der Waals surface area (Å²) in [5, 5.41) is 0. The van der Waals surface area contributed by atoms with Crippen LogP contribution in [-0.2, 0) is 10.0 Å². The molecule has 0 amide bonds. The molecule has 0 bridgehead atoms. The number of nitrogen functional groups attached to an aromatic ring is 1. The lowest BCUT2D eigenvalue weighted by Gasteiger charge is -2.10. The van der Waals surface area contributed by atoms with Crippen LogP contribution < -0.4 is 16.0 Å². The molecule has 1 heterocycles. The monoisotopic (exact) mass is 271 g/mol. The number of aromatic nitrogens is 2. The lowest BCUT2D eigenvalue weighted by Crippen LogP contribution is -2.28. The van der Waals surface area contributed by atoms with Crippen LogP contribution >= 0.6 is 0 Å². The van der Waals surface area contributed by atoms with Crippen LogP contribution in [0.4, 0.5) is 5.95 Å². The molecule has 4 N–H and O–H groups in total. The highest BCUT2D eigenvalue weighted by molar-refractivity contribution is 7.89. The Morgan fingerprint density at radius 2 is 1.89 bits per heavy atom. The maximum atomic E-state index is 11.9. The molecule has 1 aliphatic rings. The van der Waals surface area contributed by atoms with Gasteiger partial charge in [-0.15, -0.1) is 0 Å². The van der Waals surface area contributed by atoms with Crippen molar-refractivity contribution in [3.8, 4) is 0 Å². The molecule has 0 atom stereocenters. The molecule has 0 aliphatic heterocycles. The van der Waals surface area contributed by atoms with Crippen molar-refractivity contribution >= 4 is 16.0 Å². The van der Waals surface area contributed by atoms with Crippen LogP contribution in [0, 0.1) is 5.92 Å². The first kappa shape index (κ1) is 13.2. The number of rotatable bonds is 5. The molecule has 7 nitrogen and oxygen atoms in total. The Labute approximate surface area is 106 Å². The summed E-state index contributed by atoms with van der Waals surface area (Å²) < 4.78 is 26.5. The van der Waals surface area contributed by atoms with Gasteiger partial charge in [0.05, 0.1) is 12.4 Å². The first-order valence-corrected chi connectivity index (χ1v) is 7.38. The fourth-order valence-corrected chi connectivity index (χ4v) is 3.06. The summed E-state index contributed by atoms with van der Waals surface area (Å²) in [6.45, 7) is 0.485. The second kappa shape index (κ2) is 5.59. The first-order chi connectivity index (χ1) is 8.62. The highest BCUT2D eigenvalue weighted by Crippen LogP contribution is 2.24. The third-order valence-electron chi connectivity index (χ3n) is 3.10. The molecule has 0 saturated heterocycles.